The molecule has 3 rings (SSSR count). The van der Waals surface area contributed by atoms with Gasteiger partial charge in [0.25, 0.3) is 0 Å². The molecule has 156 valence electrons. The SMILES string of the molecule is CN(C)C(=O)CN=C(NC1CCCC1)N1CCC(Oc2ccccc2Cl)C1.I. The molecule has 1 saturated heterocycles. The average molecular weight is 521 g/mol. The van der Waals surface area contributed by atoms with Crippen molar-refractivity contribution in [3.63, 3.8) is 0 Å². The Bertz CT molecular complexity index is 680. The molecule has 28 heavy (non-hydrogen) atoms. The van der Waals surface area contributed by atoms with Crippen LogP contribution in [0, 0.1) is 0 Å². The number of para-hydroxylation sites is 1. The van der Waals surface area contributed by atoms with E-state index in [1.807, 2.05) is 24.3 Å². The average Bonchev–Trinajstić information content (AvgIpc) is 3.32. The van der Waals surface area contributed by atoms with E-state index in [2.05, 4.69) is 15.2 Å². The number of halogens is 2. The van der Waals surface area contributed by atoms with E-state index in [-0.39, 0.29) is 42.5 Å². The number of hydrogen-bond donors (Lipinski definition) is 1. The van der Waals surface area contributed by atoms with Crippen LogP contribution in [-0.2, 0) is 4.79 Å². The van der Waals surface area contributed by atoms with Crippen molar-refractivity contribution in [1.29, 1.82) is 0 Å². The molecule has 1 aliphatic heterocycles. The van der Waals surface area contributed by atoms with Crippen LogP contribution < -0.4 is 10.1 Å². The van der Waals surface area contributed by atoms with Crippen molar-refractivity contribution in [3.05, 3.63) is 29.3 Å². The molecule has 1 aromatic carbocycles. The van der Waals surface area contributed by atoms with Gasteiger partial charge in [-0.3, -0.25) is 4.79 Å². The number of rotatable bonds is 5. The Morgan fingerprint density at radius 2 is 2.00 bits per heavy atom. The first-order chi connectivity index (χ1) is 13.0. The van der Waals surface area contributed by atoms with Crippen LogP contribution in [0.5, 0.6) is 5.75 Å². The van der Waals surface area contributed by atoms with E-state index >= 15 is 0 Å². The zero-order valence-corrected chi connectivity index (χ0v) is 19.7. The zero-order chi connectivity index (χ0) is 19.2. The number of carbonyl (C=O) groups excluding carboxylic acids is 1. The highest BCUT2D eigenvalue weighted by Crippen LogP contribution is 2.26. The predicted octanol–water partition coefficient (Wildman–Crippen LogP) is 3.39. The van der Waals surface area contributed by atoms with Crippen LogP contribution in [0.4, 0.5) is 0 Å². The molecule has 1 aromatic rings. The van der Waals surface area contributed by atoms with E-state index < -0.39 is 0 Å². The first-order valence-corrected chi connectivity index (χ1v) is 10.1. The zero-order valence-electron chi connectivity index (χ0n) is 16.6. The third-order valence-electron chi connectivity index (χ3n) is 5.13. The van der Waals surface area contributed by atoms with Gasteiger partial charge in [-0.1, -0.05) is 36.6 Å². The maximum atomic E-state index is 12.0. The van der Waals surface area contributed by atoms with Crippen molar-refractivity contribution in [1.82, 2.24) is 15.1 Å². The number of likely N-dealkylation sites (tertiary alicyclic amines) is 1. The van der Waals surface area contributed by atoms with E-state index in [0.29, 0.717) is 11.1 Å². The molecule has 0 aromatic heterocycles. The van der Waals surface area contributed by atoms with Crippen molar-refractivity contribution >= 4 is 47.4 Å². The van der Waals surface area contributed by atoms with Gasteiger partial charge in [0.15, 0.2) is 5.96 Å². The van der Waals surface area contributed by atoms with Gasteiger partial charge >= 0.3 is 0 Å². The van der Waals surface area contributed by atoms with Gasteiger partial charge in [-0.15, -0.1) is 24.0 Å². The Morgan fingerprint density at radius 3 is 2.68 bits per heavy atom. The third-order valence-corrected chi connectivity index (χ3v) is 5.44. The minimum absolute atomic E-state index is 0. The van der Waals surface area contributed by atoms with E-state index in [0.717, 1.165) is 44.1 Å². The Labute approximate surface area is 189 Å². The molecule has 1 heterocycles. The lowest BCUT2D eigenvalue weighted by molar-refractivity contribution is -0.127. The molecular weight excluding hydrogens is 491 g/mol. The van der Waals surface area contributed by atoms with Gasteiger partial charge in [-0.2, -0.15) is 0 Å². The van der Waals surface area contributed by atoms with Gasteiger partial charge in [0, 0.05) is 33.1 Å². The lowest BCUT2D eigenvalue weighted by Crippen LogP contribution is -2.45. The standard InChI is InChI=1S/C20H29ClN4O2.HI/c1-24(2)19(26)13-22-20(23-15-7-3-4-8-15)25-12-11-16(14-25)27-18-10-6-5-9-17(18)21;/h5-6,9-10,15-16H,3-4,7-8,11-14H2,1-2H3,(H,22,23);1H. The minimum atomic E-state index is 0. The highest BCUT2D eigenvalue weighted by atomic mass is 127. The number of nitrogens with zero attached hydrogens (tertiary/aromatic N) is 3. The largest absolute Gasteiger partial charge is 0.487 e. The molecule has 2 aliphatic rings. The Morgan fingerprint density at radius 1 is 1.29 bits per heavy atom. The fourth-order valence-corrected chi connectivity index (χ4v) is 3.69. The predicted molar refractivity (Wildman–Crippen MR) is 124 cm³/mol. The molecule has 0 radical (unpaired) electrons. The maximum Gasteiger partial charge on any atom is 0.243 e. The van der Waals surface area contributed by atoms with Crippen LogP contribution in [0.2, 0.25) is 5.02 Å². The first-order valence-electron chi connectivity index (χ1n) is 9.70. The van der Waals surface area contributed by atoms with Crippen LogP contribution >= 0.6 is 35.6 Å². The summed E-state index contributed by atoms with van der Waals surface area (Å²) in [5.41, 5.74) is 0. The molecule has 1 unspecified atom stereocenters. The summed E-state index contributed by atoms with van der Waals surface area (Å²) in [5.74, 6) is 1.54. The van der Waals surface area contributed by atoms with Crippen LogP contribution in [0.1, 0.15) is 32.1 Å². The highest BCUT2D eigenvalue weighted by molar-refractivity contribution is 14.0. The summed E-state index contributed by atoms with van der Waals surface area (Å²) in [4.78, 5) is 20.4. The lowest BCUT2D eigenvalue weighted by Gasteiger charge is -2.25. The molecule has 0 spiro atoms. The van der Waals surface area contributed by atoms with Crippen LogP contribution in [0.25, 0.3) is 0 Å². The number of hydrogen-bond acceptors (Lipinski definition) is 3. The smallest absolute Gasteiger partial charge is 0.243 e. The van der Waals surface area contributed by atoms with Gasteiger partial charge < -0.3 is 19.9 Å². The maximum absolute atomic E-state index is 12.0. The molecule has 1 amide bonds. The fourth-order valence-electron chi connectivity index (χ4n) is 3.51. The number of amides is 1. The number of likely N-dealkylation sites (N-methyl/N-ethyl adjacent to an activating group) is 1. The van der Waals surface area contributed by atoms with E-state index in [1.54, 1.807) is 19.0 Å². The number of benzene rings is 1. The van der Waals surface area contributed by atoms with E-state index in [4.69, 9.17) is 16.3 Å². The molecule has 1 atom stereocenters. The summed E-state index contributed by atoms with van der Waals surface area (Å²) in [7, 11) is 3.51. The van der Waals surface area contributed by atoms with Crippen LogP contribution in [0.3, 0.4) is 0 Å². The van der Waals surface area contributed by atoms with Crippen molar-refractivity contribution < 1.29 is 9.53 Å². The summed E-state index contributed by atoms with van der Waals surface area (Å²) in [5, 5.41) is 4.20. The second kappa shape index (κ2) is 11.1. The normalized spacial score (nSPS) is 20.0. The molecule has 1 aliphatic carbocycles. The van der Waals surface area contributed by atoms with Gasteiger partial charge in [0.2, 0.25) is 5.91 Å². The van der Waals surface area contributed by atoms with Crippen LogP contribution in [-0.4, -0.2) is 67.5 Å². The molecule has 1 N–H and O–H groups in total. The molecule has 8 heteroatoms. The Balaban J connectivity index is 0.00000280. The third kappa shape index (κ3) is 6.40. The van der Waals surface area contributed by atoms with Crippen molar-refractivity contribution in [2.24, 2.45) is 4.99 Å². The van der Waals surface area contributed by atoms with Gasteiger partial charge in [0.1, 0.15) is 18.4 Å². The van der Waals surface area contributed by atoms with E-state index in [1.165, 1.54) is 12.8 Å². The fraction of sp³-hybridized carbons (Fsp3) is 0.600. The van der Waals surface area contributed by atoms with Gasteiger partial charge in [-0.25, -0.2) is 4.99 Å². The second-order valence-electron chi connectivity index (χ2n) is 7.46. The monoisotopic (exact) mass is 520 g/mol. The first kappa shape index (κ1) is 23.1. The van der Waals surface area contributed by atoms with Crippen molar-refractivity contribution in [2.75, 3.05) is 33.7 Å². The second-order valence-corrected chi connectivity index (χ2v) is 7.87. The molecule has 2 fully saturated rings. The Hall–Kier alpha value is -1.22. The lowest BCUT2D eigenvalue weighted by atomic mass is 10.2. The summed E-state index contributed by atoms with van der Waals surface area (Å²) in [6.07, 6.45) is 5.78. The Kier molecular flexibility index (Phi) is 9.14. The number of aliphatic imine (C=N–C) groups is 1. The number of carbonyl (C=O) groups is 1. The molecular formula is C20H30ClIN4O2. The van der Waals surface area contributed by atoms with Crippen molar-refractivity contribution in [3.8, 4) is 5.75 Å². The van der Waals surface area contributed by atoms with E-state index in [9.17, 15) is 4.79 Å². The molecule has 0 bridgehead atoms. The number of ether oxygens (including phenoxy) is 1. The summed E-state index contributed by atoms with van der Waals surface area (Å²) < 4.78 is 6.09. The summed E-state index contributed by atoms with van der Waals surface area (Å²) in [6, 6.07) is 8.00. The summed E-state index contributed by atoms with van der Waals surface area (Å²) >= 11 is 6.21. The number of guanidine groups is 1. The molecule has 1 saturated carbocycles. The minimum Gasteiger partial charge on any atom is -0.487 e. The highest BCUT2D eigenvalue weighted by Gasteiger charge is 2.29. The van der Waals surface area contributed by atoms with Crippen molar-refractivity contribution in [2.45, 2.75) is 44.2 Å². The topological polar surface area (TPSA) is 57.2 Å². The number of nitrogens with one attached hydrogen (secondary N) is 1. The summed E-state index contributed by atoms with van der Waals surface area (Å²) in [6.45, 7) is 1.75. The molecule has 6 nitrogen and oxygen atoms in total. The van der Waals surface area contributed by atoms with Gasteiger partial charge in [-0.05, 0) is 25.0 Å². The quantitative estimate of drug-likeness (QED) is 0.367. The van der Waals surface area contributed by atoms with Gasteiger partial charge in [0.05, 0.1) is 11.6 Å². The van der Waals surface area contributed by atoms with Crippen LogP contribution in [0.15, 0.2) is 29.3 Å².